The zero-order valence-electron chi connectivity index (χ0n) is 21.1. The number of hydrogen-bond acceptors (Lipinski definition) is 6. The Morgan fingerprint density at radius 1 is 1.06 bits per heavy atom. The van der Waals surface area contributed by atoms with E-state index in [2.05, 4.69) is 11.1 Å². The van der Waals surface area contributed by atoms with Crippen LogP contribution in [0.1, 0.15) is 51.5 Å². The Morgan fingerprint density at radius 3 is 2.28 bits per heavy atom. The smallest absolute Gasteiger partial charge is 0.255 e. The summed E-state index contributed by atoms with van der Waals surface area (Å²) in [5.41, 5.74) is 4.88. The molecule has 1 aromatic carbocycles. The first-order chi connectivity index (χ1) is 17.1. The average molecular weight is 503 g/mol. The Labute approximate surface area is 211 Å². The first-order valence-corrected chi connectivity index (χ1v) is 12.8. The molecule has 0 aromatic heterocycles. The highest BCUT2D eigenvalue weighted by Gasteiger charge is 2.42. The van der Waals surface area contributed by atoms with Gasteiger partial charge in [-0.15, -0.1) is 0 Å². The number of nitrogens with one attached hydrogen (secondary N) is 1. The highest BCUT2D eigenvalue weighted by atomic mass is 16.4. The van der Waals surface area contributed by atoms with Crippen LogP contribution < -0.4 is 16.2 Å². The van der Waals surface area contributed by atoms with Crippen molar-refractivity contribution in [2.45, 2.75) is 82.6 Å². The zero-order valence-corrected chi connectivity index (χ0v) is 21.1. The SMILES string of the molecule is CC(C)C[C@H](NC(=O)[C@H](O)[C@@H]([NH3+])Cc1ccccc1)C(=O)N1CCC[C@H]1C(=O)N1CCC[C@H]1C(=O)[O-]. The number of aliphatic hydroxyl groups is 1. The maximum Gasteiger partial charge on any atom is 0.255 e. The predicted molar refractivity (Wildman–Crippen MR) is 129 cm³/mol. The molecule has 2 aliphatic heterocycles. The van der Waals surface area contributed by atoms with Gasteiger partial charge in [0, 0.05) is 19.5 Å². The first-order valence-electron chi connectivity index (χ1n) is 12.8. The van der Waals surface area contributed by atoms with Crippen LogP contribution in [0.5, 0.6) is 0 Å². The molecule has 3 amide bonds. The van der Waals surface area contributed by atoms with E-state index >= 15 is 0 Å². The highest BCUT2D eigenvalue weighted by molar-refractivity contribution is 5.94. The summed E-state index contributed by atoms with van der Waals surface area (Å²) >= 11 is 0. The number of rotatable bonds is 10. The van der Waals surface area contributed by atoms with Crippen molar-refractivity contribution in [1.82, 2.24) is 15.1 Å². The van der Waals surface area contributed by atoms with E-state index in [1.54, 1.807) is 0 Å². The van der Waals surface area contributed by atoms with Crippen LogP contribution in [0.15, 0.2) is 30.3 Å². The van der Waals surface area contributed by atoms with Crippen LogP contribution in [-0.4, -0.2) is 82.0 Å². The maximum atomic E-state index is 13.6. The van der Waals surface area contributed by atoms with Crippen molar-refractivity contribution in [2.75, 3.05) is 13.1 Å². The minimum absolute atomic E-state index is 0.0639. The van der Waals surface area contributed by atoms with E-state index in [1.165, 1.54) is 9.80 Å². The summed E-state index contributed by atoms with van der Waals surface area (Å²) in [6.45, 7) is 4.51. The topological polar surface area (TPSA) is 158 Å². The molecule has 5 N–H and O–H groups in total. The van der Waals surface area contributed by atoms with Crippen LogP contribution in [0.3, 0.4) is 0 Å². The second-order valence-electron chi connectivity index (χ2n) is 10.3. The summed E-state index contributed by atoms with van der Waals surface area (Å²) < 4.78 is 0. The largest absolute Gasteiger partial charge is 0.548 e. The van der Waals surface area contributed by atoms with E-state index in [1.807, 2.05) is 44.2 Å². The van der Waals surface area contributed by atoms with Crippen LogP contribution in [0.4, 0.5) is 0 Å². The number of likely N-dealkylation sites (tertiary alicyclic amines) is 2. The molecule has 3 rings (SSSR count). The Kier molecular flexibility index (Phi) is 9.44. The van der Waals surface area contributed by atoms with E-state index in [-0.39, 0.29) is 11.8 Å². The highest BCUT2D eigenvalue weighted by Crippen LogP contribution is 2.26. The third-order valence-corrected chi connectivity index (χ3v) is 7.01. The summed E-state index contributed by atoms with van der Waals surface area (Å²) in [6.07, 6.45) is 1.28. The molecule has 5 atom stereocenters. The van der Waals surface area contributed by atoms with Gasteiger partial charge < -0.3 is 35.9 Å². The Morgan fingerprint density at radius 2 is 1.67 bits per heavy atom. The molecule has 2 heterocycles. The van der Waals surface area contributed by atoms with Gasteiger partial charge in [-0.1, -0.05) is 44.2 Å². The molecule has 2 fully saturated rings. The van der Waals surface area contributed by atoms with Crippen LogP contribution in [-0.2, 0) is 25.6 Å². The lowest BCUT2D eigenvalue weighted by atomic mass is 9.99. The van der Waals surface area contributed by atoms with E-state index in [4.69, 9.17) is 0 Å². The van der Waals surface area contributed by atoms with Gasteiger partial charge in [-0.25, -0.2) is 0 Å². The molecular formula is C26H38N4O6. The normalized spacial score (nSPS) is 22.4. The molecular weight excluding hydrogens is 464 g/mol. The van der Waals surface area contributed by atoms with E-state index in [9.17, 15) is 29.4 Å². The standard InChI is InChI=1S/C26H38N4O6/c1-16(2)14-19(28-23(32)22(31)18(27)15-17-8-4-3-5-9-17)24(33)29-12-6-10-20(29)25(34)30-13-7-11-21(30)26(35)36/h3-5,8-9,16,18-22,31H,6-7,10-15,27H2,1-2H3,(H,28,32)(H,35,36)/t18-,19-,20-,21-,22+/m0/s1. The lowest BCUT2D eigenvalue weighted by Crippen LogP contribution is -2.70. The van der Waals surface area contributed by atoms with Crippen molar-refractivity contribution >= 4 is 23.7 Å². The van der Waals surface area contributed by atoms with Crippen molar-refractivity contribution in [3.05, 3.63) is 35.9 Å². The molecule has 36 heavy (non-hydrogen) atoms. The molecule has 2 saturated heterocycles. The van der Waals surface area contributed by atoms with Crippen molar-refractivity contribution in [3.8, 4) is 0 Å². The van der Waals surface area contributed by atoms with Crippen molar-refractivity contribution < 1.29 is 35.1 Å². The molecule has 2 aliphatic rings. The number of carboxylic acid groups (broad SMARTS) is 1. The van der Waals surface area contributed by atoms with Crippen LogP contribution in [0.25, 0.3) is 0 Å². The monoisotopic (exact) mass is 502 g/mol. The van der Waals surface area contributed by atoms with Crippen LogP contribution in [0.2, 0.25) is 0 Å². The number of carbonyl (C=O) groups excluding carboxylic acids is 4. The Balaban J connectivity index is 1.69. The fraction of sp³-hybridized carbons (Fsp3) is 0.615. The summed E-state index contributed by atoms with van der Waals surface area (Å²) in [6, 6.07) is 6.13. The zero-order chi connectivity index (χ0) is 26.4. The first kappa shape index (κ1) is 27.6. The molecule has 0 unspecified atom stereocenters. The summed E-state index contributed by atoms with van der Waals surface area (Å²) in [4.78, 5) is 53.9. The van der Waals surface area contributed by atoms with Crippen LogP contribution in [0, 0.1) is 5.92 Å². The van der Waals surface area contributed by atoms with Gasteiger partial charge in [-0.05, 0) is 43.6 Å². The number of nitrogens with zero attached hydrogens (tertiary/aromatic N) is 2. The van der Waals surface area contributed by atoms with Gasteiger partial charge in [-0.3, -0.25) is 14.4 Å². The second kappa shape index (κ2) is 12.3. The number of aliphatic hydroxyl groups excluding tert-OH is 1. The lowest BCUT2D eigenvalue weighted by molar-refractivity contribution is -0.432. The van der Waals surface area contributed by atoms with Crippen molar-refractivity contribution in [1.29, 1.82) is 0 Å². The average Bonchev–Trinajstić information content (AvgIpc) is 3.52. The molecule has 198 valence electrons. The number of hydrogen-bond donors (Lipinski definition) is 3. The summed E-state index contributed by atoms with van der Waals surface area (Å²) in [5, 5.41) is 24.8. The van der Waals surface area contributed by atoms with Gasteiger partial charge in [0.25, 0.3) is 5.91 Å². The number of aliphatic carboxylic acids is 1. The fourth-order valence-corrected chi connectivity index (χ4v) is 5.15. The van der Waals surface area contributed by atoms with Crippen LogP contribution >= 0.6 is 0 Å². The Hall–Kier alpha value is -2.98. The maximum absolute atomic E-state index is 13.6. The molecule has 1 aromatic rings. The molecule has 10 nitrogen and oxygen atoms in total. The second-order valence-corrected chi connectivity index (χ2v) is 10.3. The van der Waals surface area contributed by atoms with Gasteiger partial charge in [0.15, 0.2) is 6.10 Å². The molecule has 0 radical (unpaired) electrons. The number of benzene rings is 1. The number of carbonyl (C=O) groups is 4. The van der Waals surface area contributed by atoms with Gasteiger partial charge in [0.2, 0.25) is 11.8 Å². The lowest BCUT2D eigenvalue weighted by Gasteiger charge is -2.34. The molecule has 0 bridgehead atoms. The van der Waals surface area contributed by atoms with Gasteiger partial charge >= 0.3 is 0 Å². The summed E-state index contributed by atoms with van der Waals surface area (Å²) in [5.74, 6) is -2.68. The van der Waals surface area contributed by atoms with Gasteiger partial charge in [-0.2, -0.15) is 0 Å². The number of carboxylic acids is 1. The third-order valence-electron chi connectivity index (χ3n) is 7.01. The van der Waals surface area contributed by atoms with Crippen molar-refractivity contribution in [2.24, 2.45) is 5.92 Å². The van der Waals surface area contributed by atoms with E-state index in [0.29, 0.717) is 51.6 Å². The minimum atomic E-state index is -1.41. The van der Waals surface area contributed by atoms with Gasteiger partial charge in [0.1, 0.15) is 18.1 Å². The number of quaternary nitrogens is 1. The van der Waals surface area contributed by atoms with E-state index < -0.39 is 48.1 Å². The Bertz CT molecular complexity index is 940. The molecule has 0 spiro atoms. The minimum Gasteiger partial charge on any atom is -0.548 e. The molecule has 0 aliphatic carbocycles. The van der Waals surface area contributed by atoms with Gasteiger partial charge in [0.05, 0.1) is 12.0 Å². The third kappa shape index (κ3) is 6.61. The molecule has 10 heteroatoms. The summed E-state index contributed by atoms with van der Waals surface area (Å²) in [7, 11) is 0. The molecule has 0 saturated carbocycles. The van der Waals surface area contributed by atoms with E-state index in [0.717, 1.165) is 5.56 Å². The number of amides is 3. The fourth-order valence-electron chi connectivity index (χ4n) is 5.15. The predicted octanol–water partition coefficient (Wildman–Crippen LogP) is -1.54. The quantitative estimate of drug-likeness (QED) is 0.352. The van der Waals surface area contributed by atoms with Crippen molar-refractivity contribution in [3.63, 3.8) is 0 Å².